The highest BCUT2D eigenvalue weighted by molar-refractivity contribution is 5.79. The summed E-state index contributed by atoms with van der Waals surface area (Å²) in [6.07, 6.45) is 7.53. The van der Waals surface area contributed by atoms with Gasteiger partial charge in [-0.05, 0) is 57.0 Å². The molecule has 0 aliphatic carbocycles. The van der Waals surface area contributed by atoms with Crippen molar-refractivity contribution >= 4 is 24.4 Å². The van der Waals surface area contributed by atoms with Gasteiger partial charge in [0.2, 0.25) is 5.91 Å². The summed E-state index contributed by atoms with van der Waals surface area (Å²) >= 11 is 0. The zero-order chi connectivity index (χ0) is 20.8. The second kappa shape index (κ2) is 9.71. The average Bonchev–Trinajstić information content (AvgIpc) is 3.22. The van der Waals surface area contributed by atoms with Crippen LogP contribution in [0.1, 0.15) is 36.8 Å². The van der Waals surface area contributed by atoms with Gasteiger partial charge in [-0.15, -0.1) is 0 Å². The fourth-order valence-electron chi connectivity index (χ4n) is 4.46. The normalized spacial score (nSPS) is 20.7. The van der Waals surface area contributed by atoms with Crippen LogP contribution in [-0.2, 0) is 4.79 Å². The highest BCUT2D eigenvalue weighted by atomic mass is 16.2. The van der Waals surface area contributed by atoms with Crippen molar-refractivity contribution in [1.82, 2.24) is 9.80 Å². The summed E-state index contributed by atoms with van der Waals surface area (Å²) in [5.41, 5.74) is 3.60. The molecule has 1 atom stereocenters. The Morgan fingerprint density at radius 1 is 1.34 bits per heavy atom. The van der Waals surface area contributed by atoms with Gasteiger partial charge in [0.15, 0.2) is 0 Å². The predicted molar refractivity (Wildman–Crippen MR) is 118 cm³/mol. The first-order valence-corrected chi connectivity index (χ1v) is 10.4. The number of likely N-dealkylation sites (tertiary alicyclic amines) is 2. The molecule has 1 aromatic carbocycles. The van der Waals surface area contributed by atoms with E-state index in [1.807, 2.05) is 6.08 Å². The molecule has 0 saturated carbocycles. The molecule has 0 radical (unpaired) electrons. The van der Waals surface area contributed by atoms with E-state index in [1.54, 1.807) is 11.1 Å². The van der Waals surface area contributed by atoms with Crippen molar-refractivity contribution < 1.29 is 4.79 Å². The molecule has 0 unspecified atom stereocenters. The first-order chi connectivity index (χ1) is 14.0. The Hall–Kier alpha value is -2.65. The van der Waals surface area contributed by atoms with E-state index in [4.69, 9.17) is 0 Å². The number of anilines is 1. The number of aryl methyl sites for hydroxylation is 1. The molecule has 1 aromatic rings. The molecule has 6 nitrogen and oxygen atoms in total. The second-order valence-corrected chi connectivity index (χ2v) is 8.00. The van der Waals surface area contributed by atoms with E-state index in [1.165, 1.54) is 16.8 Å². The highest BCUT2D eigenvalue weighted by Crippen LogP contribution is 2.29. The lowest BCUT2D eigenvalue weighted by Gasteiger charge is -2.38. The molecule has 0 N–H and O–H groups in total. The number of benzene rings is 1. The molecule has 0 spiro atoms. The van der Waals surface area contributed by atoms with Crippen LogP contribution >= 0.6 is 0 Å². The zero-order valence-corrected chi connectivity index (χ0v) is 17.5. The minimum atomic E-state index is -0.232. The van der Waals surface area contributed by atoms with Crippen LogP contribution in [0.4, 0.5) is 5.69 Å². The van der Waals surface area contributed by atoms with Gasteiger partial charge >= 0.3 is 0 Å². The van der Waals surface area contributed by atoms with Crippen LogP contribution in [0, 0.1) is 18.3 Å². The van der Waals surface area contributed by atoms with E-state index in [-0.39, 0.29) is 11.9 Å². The molecule has 2 aliphatic heterocycles. The molecule has 154 valence electrons. The van der Waals surface area contributed by atoms with E-state index in [9.17, 15) is 10.1 Å². The third-order valence-corrected chi connectivity index (χ3v) is 6.21. The minimum absolute atomic E-state index is 0.101. The van der Waals surface area contributed by atoms with Gasteiger partial charge in [-0.1, -0.05) is 12.1 Å². The molecule has 0 bridgehead atoms. The van der Waals surface area contributed by atoms with Gasteiger partial charge in [0.1, 0.15) is 6.04 Å². The second-order valence-electron chi connectivity index (χ2n) is 8.00. The molecular weight excluding hydrogens is 362 g/mol. The number of carbonyl (C=O) groups is 1. The van der Waals surface area contributed by atoms with Crippen LogP contribution in [0.5, 0.6) is 0 Å². The van der Waals surface area contributed by atoms with Gasteiger partial charge in [-0.25, -0.2) is 0 Å². The van der Waals surface area contributed by atoms with Crippen molar-refractivity contribution in [2.45, 2.75) is 44.7 Å². The summed E-state index contributed by atoms with van der Waals surface area (Å²) in [6.45, 7) is 8.60. The molecule has 2 saturated heterocycles. The lowest BCUT2D eigenvalue weighted by molar-refractivity contribution is -0.132. The number of rotatable bonds is 6. The number of hydrogen-bond acceptors (Lipinski definition) is 5. The Morgan fingerprint density at radius 3 is 2.79 bits per heavy atom. The maximum atomic E-state index is 12.6. The Bertz CT molecular complexity index is 804. The van der Waals surface area contributed by atoms with Gasteiger partial charge < -0.3 is 9.80 Å². The van der Waals surface area contributed by atoms with Crippen molar-refractivity contribution in [3.63, 3.8) is 0 Å². The number of carbonyl (C=O) groups excluding carboxylic acids is 1. The standard InChI is InChI=1S/C23H31N5O/c1-18-6-4-8-22(21(18)9-12-25-2)26(3)19-10-14-27(15-11-19)17-23(29)28-13-5-7-20(28)16-24/h4,6,8-9,12,19-20H,2,5,7,10-11,13-15,17H2,1,3H3/b12-9-/t20-/m0/s1. The number of aliphatic imine (C=N–C) groups is 1. The van der Waals surface area contributed by atoms with Crippen LogP contribution in [0.3, 0.4) is 0 Å². The Labute approximate surface area is 174 Å². The fourth-order valence-corrected chi connectivity index (χ4v) is 4.46. The first-order valence-electron chi connectivity index (χ1n) is 10.4. The molecular formula is C23H31N5O. The maximum Gasteiger partial charge on any atom is 0.237 e. The third-order valence-electron chi connectivity index (χ3n) is 6.21. The first kappa shape index (κ1) is 21.1. The van der Waals surface area contributed by atoms with Gasteiger partial charge in [0, 0.05) is 50.2 Å². The van der Waals surface area contributed by atoms with Crippen molar-refractivity contribution in [3.05, 3.63) is 35.5 Å². The molecule has 2 aliphatic rings. The Morgan fingerprint density at radius 2 is 2.10 bits per heavy atom. The van der Waals surface area contributed by atoms with Crippen LogP contribution in [-0.4, -0.2) is 67.7 Å². The predicted octanol–water partition coefficient (Wildman–Crippen LogP) is 3.08. The highest BCUT2D eigenvalue weighted by Gasteiger charge is 2.31. The number of hydrogen-bond donors (Lipinski definition) is 0. The van der Waals surface area contributed by atoms with Gasteiger partial charge in [-0.3, -0.25) is 14.7 Å². The molecule has 1 amide bonds. The number of nitrogens with zero attached hydrogens (tertiary/aromatic N) is 5. The van der Waals surface area contributed by atoms with Crippen molar-refractivity contribution in [1.29, 1.82) is 5.26 Å². The molecule has 2 fully saturated rings. The maximum absolute atomic E-state index is 12.6. The van der Waals surface area contributed by atoms with Gasteiger partial charge in [0.05, 0.1) is 12.6 Å². The summed E-state index contributed by atoms with van der Waals surface area (Å²) in [7, 11) is 2.15. The number of piperidine rings is 1. The number of amides is 1. The zero-order valence-electron chi connectivity index (χ0n) is 17.5. The average molecular weight is 394 g/mol. The largest absolute Gasteiger partial charge is 0.371 e. The quantitative estimate of drug-likeness (QED) is 0.697. The molecule has 0 aromatic heterocycles. The fraction of sp³-hybridized carbons (Fsp3) is 0.522. The topological polar surface area (TPSA) is 62.9 Å². The number of nitriles is 1. The van der Waals surface area contributed by atoms with Crippen molar-refractivity contribution in [3.8, 4) is 6.07 Å². The van der Waals surface area contributed by atoms with Crippen LogP contribution in [0.2, 0.25) is 0 Å². The monoisotopic (exact) mass is 393 g/mol. The van der Waals surface area contributed by atoms with Crippen molar-refractivity contribution in [2.75, 3.05) is 38.1 Å². The van der Waals surface area contributed by atoms with Gasteiger partial charge in [0.25, 0.3) is 0 Å². The van der Waals surface area contributed by atoms with E-state index in [0.717, 1.165) is 45.3 Å². The summed E-state index contributed by atoms with van der Waals surface area (Å²) in [5, 5.41) is 9.21. The molecule has 3 rings (SSSR count). The van der Waals surface area contributed by atoms with Gasteiger partial charge in [-0.2, -0.15) is 5.26 Å². The summed E-state index contributed by atoms with van der Waals surface area (Å²) in [4.78, 5) is 22.8. The van der Waals surface area contributed by atoms with Crippen molar-refractivity contribution in [2.24, 2.45) is 4.99 Å². The van der Waals surface area contributed by atoms with Crippen LogP contribution in [0.25, 0.3) is 6.08 Å². The molecule has 2 heterocycles. The molecule has 6 heteroatoms. The van der Waals surface area contributed by atoms with E-state index >= 15 is 0 Å². The summed E-state index contributed by atoms with van der Waals surface area (Å²) in [6, 6.07) is 8.82. The molecule has 29 heavy (non-hydrogen) atoms. The lowest BCUT2D eigenvalue weighted by Crippen LogP contribution is -2.48. The SMILES string of the molecule is C=N/C=C\c1c(C)cccc1N(C)C1CCN(CC(=O)N2CCC[C@H]2C#N)CC1. The summed E-state index contributed by atoms with van der Waals surface area (Å²) < 4.78 is 0. The van der Waals surface area contributed by atoms with E-state index in [0.29, 0.717) is 12.6 Å². The summed E-state index contributed by atoms with van der Waals surface area (Å²) in [5.74, 6) is 0.101. The lowest BCUT2D eigenvalue weighted by atomic mass is 10.00. The Kier molecular flexibility index (Phi) is 7.05. The van der Waals surface area contributed by atoms with E-state index in [2.05, 4.69) is 59.7 Å². The van der Waals surface area contributed by atoms with Crippen LogP contribution in [0.15, 0.2) is 29.4 Å². The smallest absolute Gasteiger partial charge is 0.237 e. The third kappa shape index (κ3) is 4.86. The minimum Gasteiger partial charge on any atom is -0.371 e. The van der Waals surface area contributed by atoms with E-state index < -0.39 is 0 Å². The Balaban J connectivity index is 1.59. The van der Waals surface area contributed by atoms with Crippen LogP contribution < -0.4 is 4.90 Å².